The largest absolute Gasteiger partial charge is 0.465 e. The van der Waals surface area contributed by atoms with Gasteiger partial charge in [0.25, 0.3) is 0 Å². The molecule has 1 aromatic carbocycles. The summed E-state index contributed by atoms with van der Waals surface area (Å²) in [6.07, 6.45) is 0. The van der Waals surface area contributed by atoms with E-state index in [1.807, 2.05) is 4.72 Å². The van der Waals surface area contributed by atoms with Crippen molar-refractivity contribution < 1.29 is 22.3 Å². The summed E-state index contributed by atoms with van der Waals surface area (Å²) in [5, 5.41) is 0. The smallest absolute Gasteiger partial charge is 0.323 e. The number of benzene rings is 1. The van der Waals surface area contributed by atoms with Gasteiger partial charge in [-0.25, -0.2) is 12.8 Å². The van der Waals surface area contributed by atoms with Crippen molar-refractivity contribution in [3.8, 4) is 0 Å². The quantitative estimate of drug-likeness (QED) is 0.609. The molecule has 0 aliphatic heterocycles. The van der Waals surface area contributed by atoms with Gasteiger partial charge >= 0.3 is 5.97 Å². The van der Waals surface area contributed by atoms with E-state index in [2.05, 4.69) is 4.74 Å². The minimum absolute atomic E-state index is 0.0657. The highest BCUT2D eigenvalue weighted by Crippen LogP contribution is 2.22. The highest BCUT2D eigenvalue weighted by atomic mass is 32.2. The minimum atomic E-state index is -4.05. The molecule has 3 N–H and O–H groups in total. The molecule has 0 bridgehead atoms. The fourth-order valence-corrected chi connectivity index (χ4v) is 2.19. The molecule has 1 rings (SSSR count). The molecular formula is C10H13FN2O4S. The van der Waals surface area contributed by atoms with Gasteiger partial charge in [0.2, 0.25) is 10.0 Å². The summed E-state index contributed by atoms with van der Waals surface area (Å²) < 4.78 is 42.9. The maximum absolute atomic E-state index is 13.3. The summed E-state index contributed by atoms with van der Waals surface area (Å²) in [5.74, 6) is -2.63. The van der Waals surface area contributed by atoms with Crippen LogP contribution in [-0.4, -0.2) is 26.7 Å². The van der Waals surface area contributed by atoms with Crippen LogP contribution >= 0.6 is 0 Å². The van der Waals surface area contributed by atoms with Gasteiger partial charge in [-0.15, -0.1) is 0 Å². The van der Waals surface area contributed by atoms with Crippen LogP contribution in [-0.2, 0) is 19.6 Å². The average Bonchev–Trinajstić information content (AvgIpc) is 2.23. The van der Waals surface area contributed by atoms with Gasteiger partial charge in [-0.1, -0.05) is 6.07 Å². The van der Waals surface area contributed by atoms with Crippen molar-refractivity contribution >= 4 is 27.4 Å². The number of hydrogen-bond acceptors (Lipinski definition) is 5. The number of anilines is 2. The summed E-state index contributed by atoms with van der Waals surface area (Å²) in [7, 11) is -4.05. The summed E-state index contributed by atoms with van der Waals surface area (Å²) in [4.78, 5) is 11.1. The van der Waals surface area contributed by atoms with Crippen molar-refractivity contribution in [1.82, 2.24) is 0 Å². The van der Waals surface area contributed by atoms with Gasteiger partial charge in [-0.05, 0) is 19.1 Å². The Morgan fingerprint density at radius 2 is 2.17 bits per heavy atom. The third kappa shape index (κ3) is 3.88. The molecule has 0 saturated heterocycles. The van der Waals surface area contributed by atoms with Crippen LogP contribution in [0.2, 0.25) is 0 Å². The van der Waals surface area contributed by atoms with E-state index in [0.717, 1.165) is 6.07 Å². The molecule has 18 heavy (non-hydrogen) atoms. The average molecular weight is 276 g/mol. The SMILES string of the molecule is CCOC(=O)CS(=O)(=O)Nc1c(N)cccc1F. The molecule has 0 saturated carbocycles. The molecular weight excluding hydrogens is 263 g/mol. The molecule has 0 heterocycles. The van der Waals surface area contributed by atoms with Crippen LogP contribution in [0, 0.1) is 5.82 Å². The highest BCUT2D eigenvalue weighted by molar-refractivity contribution is 7.93. The number of halogens is 1. The number of sulfonamides is 1. The van der Waals surface area contributed by atoms with Gasteiger partial charge < -0.3 is 10.5 Å². The van der Waals surface area contributed by atoms with Crippen LogP contribution < -0.4 is 10.5 Å². The van der Waals surface area contributed by atoms with Gasteiger partial charge in [0, 0.05) is 0 Å². The number of para-hydroxylation sites is 1. The maximum atomic E-state index is 13.3. The van der Waals surface area contributed by atoms with E-state index in [1.54, 1.807) is 6.92 Å². The molecule has 0 aliphatic carbocycles. The molecule has 0 amide bonds. The van der Waals surface area contributed by atoms with Crippen molar-refractivity contribution in [3.05, 3.63) is 24.0 Å². The molecule has 1 aromatic rings. The molecule has 0 atom stereocenters. The minimum Gasteiger partial charge on any atom is -0.465 e. The number of hydrogen-bond donors (Lipinski definition) is 2. The predicted molar refractivity (Wildman–Crippen MR) is 64.9 cm³/mol. The maximum Gasteiger partial charge on any atom is 0.323 e. The van der Waals surface area contributed by atoms with Crippen molar-refractivity contribution in [3.63, 3.8) is 0 Å². The van der Waals surface area contributed by atoms with Gasteiger partial charge in [0.15, 0.2) is 5.75 Å². The Balaban J connectivity index is 2.86. The summed E-state index contributed by atoms with van der Waals surface area (Å²) >= 11 is 0. The Labute approximate surface area is 104 Å². The van der Waals surface area contributed by atoms with Gasteiger partial charge in [0.05, 0.1) is 12.3 Å². The van der Waals surface area contributed by atoms with E-state index >= 15 is 0 Å². The van der Waals surface area contributed by atoms with Crippen molar-refractivity contribution in [1.29, 1.82) is 0 Å². The number of nitrogens with one attached hydrogen (secondary N) is 1. The normalized spacial score (nSPS) is 11.0. The molecule has 100 valence electrons. The van der Waals surface area contributed by atoms with Gasteiger partial charge in [0.1, 0.15) is 11.5 Å². The first kappa shape index (κ1) is 14.2. The lowest BCUT2D eigenvalue weighted by atomic mass is 10.3. The molecule has 0 aliphatic rings. The fourth-order valence-electron chi connectivity index (χ4n) is 1.20. The second-order valence-corrected chi connectivity index (χ2v) is 5.09. The van der Waals surface area contributed by atoms with Crippen LogP contribution in [0.1, 0.15) is 6.92 Å². The molecule has 0 spiro atoms. The third-order valence-electron chi connectivity index (χ3n) is 1.92. The first-order chi connectivity index (χ1) is 8.35. The monoisotopic (exact) mass is 276 g/mol. The number of carbonyl (C=O) groups excluding carboxylic acids is 1. The first-order valence-electron chi connectivity index (χ1n) is 5.06. The zero-order chi connectivity index (χ0) is 13.8. The lowest BCUT2D eigenvalue weighted by Crippen LogP contribution is -2.25. The van der Waals surface area contributed by atoms with E-state index in [4.69, 9.17) is 5.73 Å². The Morgan fingerprint density at radius 1 is 1.50 bits per heavy atom. The Kier molecular flexibility index (Phi) is 4.49. The Bertz CT molecular complexity index is 525. The molecule has 6 nitrogen and oxygen atoms in total. The second kappa shape index (κ2) is 5.67. The number of nitrogens with two attached hydrogens (primary N) is 1. The molecule has 0 fully saturated rings. The predicted octanol–water partition coefficient (Wildman–Crippen LogP) is 0.713. The number of esters is 1. The molecule has 0 aromatic heterocycles. The Hall–Kier alpha value is -1.83. The number of nitrogen functional groups attached to an aromatic ring is 1. The highest BCUT2D eigenvalue weighted by Gasteiger charge is 2.20. The van der Waals surface area contributed by atoms with E-state index in [-0.39, 0.29) is 18.0 Å². The lowest BCUT2D eigenvalue weighted by Gasteiger charge is -2.10. The van der Waals surface area contributed by atoms with E-state index in [9.17, 15) is 17.6 Å². The third-order valence-corrected chi connectivity index (χ3v) is 3.05. The summed E-state index contributed by atoms with van der Waals surface area (Å²) in [6, 6.07) is 3.73. The van der Waals surface area contributed by atoms with E-state index < -0.39 is 27.6 Å². The lowest BCUT2D eigenvalue weighted by molar-refractivity contribution is -0.139. The number of carbonyl (C=O) groups is 1. The van der Waals surface area contributed by atoms with Crippen LogP contribution in [0.5, 0.6) is 0 Å². The molecule has 0 unspecified atom stereocenters. The molecule has 0 radical (unpaired) electrons. The number of ether oxygens (including phenoxy) is 1. The zero-order valence-electron chi connectivity index (χ0n) is 9.64. The van der Waals surface area contributed by atoms with Crippen molar-refractivity contribution in [2.75, 3.05) is 22.8 Å². The van der Waals surface area contributed by atoms with Crippen LogP contribution in [0.25, 0.3) is 0 Å². The van der Waals surface area contributed by atoms with Gasteiger partial charge in [-0.2, -0.15) is 0 Å². The van der Waals surface area contributed by atoms with Crippen LogP contribution in [0.3, 0.4) is 0 Å². The standard InChI is InChI=1S/C10H13FN2O4S/c1-2-17-9(14)6-18(15,16)13-10-7(11)4-3-5-8(10)12/h3-5,13H,2,6,12H2,1H3. The van der Waals surface area contributed by atoms with E-state index in [0.29, 0.717) is 0 Å². The summed E-state index contributed by atoms with van der Waals surface area (Å²) in [6.45, 7) is 1.61. The zero-order valence-corrected chi connectivity index (χ0v) is 10.5. The van der Waals surface area contributed by atoms with Crippen LogP contribution in [0.15, 0.2) is 18.2 Å². The van der Waals surface area contributed by atoms with E-state index in [1.165, 1.54) is 12.1 Å². The topological polar surface area (TPSA) is 98.5 Å². The van der Waals surface area contributed by atoms with Gasteiger partial charge in [-0.3, -0.25) is 9.52 Å². The fraction of sp³-hybridized carbons (Fsp3) is 0.300. The number of rotatable bonds is 5. The van der Waals surface area contributed by atoms with Crippen molar-refractivity contribution in [2.24, 2.45) is 0 Å². The summed E-state index contributed by atoms with van der Waals surface area (Å²) in [5.41, 5.74) is 4.99. The van der Waals surface area contributed by atoms with Crippen LogP contribution in [0.4, 0.5) is 15.8 Å². The first-order valence-corrected chi connectivity index (χ1v) is 6.71. The second-order valence-electron chi connectivity index (χ2n) is 3.37. The van der Waals surface area contributed by atoms with Crippen molar-refractivity contribution in [2.45, 2.75) is 6.92 Å². The Morgan fingerprint density at radius 3 is 2.72 bits per heavy atom. The molecule has 8 heteroatoms.